The normalized spacial score (nSPS) is 13.4. The second kappa shape index (κ2) is 11.0. The van der Waals surface area contributed by atoms with Crippen molar-refractivity contribution in [1.82, 2.24) is 5.32 Å². The molecular weight excluding hydrogens is 376 g/mol. The molecule has 0 aromatic heterocycles. The van der Waals surface area contributed by atoms with E-state index < -0.39 is 11.7 Å². The number of hydrogen-bond donors (Lipinski definition) is 2. The summed E-state index contributed by atoms with van der Waals surface area (Å²) in [5.41, 5.74) is 4.20. The summed E-state index contributed by atoms with van der Waals surface area (Å²) in [4.78, 5) is 12.2. The van der Waals surface area contributed by atoms with Gasteiger partial charge in [0.2, 0.25) is 0 Å². The van der Waals surface area contributed by atoms with Crippen LogP contribution in [0.2, 0.25) is 0 Å². The van der Waals surface area contributed by atoms with Crippen LogP contribution in [0.3, 0.4) is 0 Å². The van der Waals surface area contributed by atoms with Gasteiger partial charge < -0.3 is 20.1 Å². The van der Waals surface area contributed by atoms with Gasteiger partial charge in [0.15, 0.2) is 0 Å². The van der Waals surface area contributed by atoms with Gasteiger partial charge in [-0.25, -0.2) is 4.79 Å². The maximum Gasteiger partial charge on any atom is 0.408 e. The molecule has 30 heavy (non-hydrogen) atoms. The van der Waals surface area contributed by atoms with Crippen LogP contribution in [0.15, 0.2) is 48.5 Å². The molecule has 5 heteroatoms. The van der Waals surface area contributed by atoms with Gasteiger partial charge in [-0.3, -0.25) is 0 Å². The molecule has 2 aromatic rings. The SMILES string of the molecule is CCCc1ccc(-c2ccc(NC[C@@H](NC(=O)OC(C)(C)C)[C@@H](C)OC)cc2)cc1. The fourth-order valence-corrected chi connectivity index (χ4v) is 3.12. The van der Waals surface area contributed by atoms with Crippen LogP contribution in [-0.4, -0.2) is 37.5 Å². The molecule has 2 N–H and O–H groups in total. The van der Waals surface area contributed by atoms with E-state index in [1.54, 1.807) is 7.11 Å². The fraction of sp³-hybridized carbons (Fsp3) is 0.480. The van der Waals surface area contributed by atoms with Crippen LogP contribution in [0.5, 0.6) is 0 Å². The van der Waals surface area contributed by atoms with Gasteiger partial charge in [-0.2, -0.15) is 0 Å². The van der Waals surface area contributed by atoms with Gasteiger partial charge in [-0.05, 0) is 62.9 Å². The van der Waals surface area contributed by atoms with Crippen LogP contribution in [-0.2, 0) is 15.9 Å². The van der Waals surface area contributed by atoms with E-state index in [1.165, 1.54) is 16.7 Å². The van der Waals surface area contributed by atoms with E-state index in [9.17, 15) is 4.79 Å². The van der Waals surface area contributed by atoms with Crippen molar-refractivity contribution in [3.05, 3.63) is 54.1 Å². The highest BCUT2D eigenvalue weighted by Gasteiger charge is 2.23. The minimum Gasteiger partial charge on any atom is -0.444 e. The lowest BCUT2D eigenvalue weighted by atomic mass is 10.0. The molecule has 0 saturated heterocycles. The van der Waals surface area contributed by atoms with Gasteiger partial charge in [0.1, 0.15) is 5.60 Å². The molecule has 5 nitrogen and oxygen atoms in total. The van der Waals surface area contributed by atoms with Crippen molar-refractivity contribution >= 4 is 11.8 Å². The number of hydrogen-bond acceptors (Lipinski definition) is 4. The largest absolute Gasteiger partial charge is 0.444 e. The van der Waals surface area contributed by atoms with E-state index in [4.69, 9.17) is 9.47 Å². The topological polar surface area (TPSA) is 59.6 Å². The molecule has 0 saturated carbocycles. The summed E-state index contributed by atoms with van der Waals surface area (Å²) in [5, 5.41) is 6.28. The number of ether oxygens (including phenoxy) is 2. The first-order chi connectivity index (χ1) is 14.2. The molecule has 0 fully saturated rings. The lowest BCUT2D eigenvalue weighted by Gasteiger charge is -2.27. The molecule has 0 spiro atoms. The van der Waals surface area contributed by atoms with Gasteiger partial charge >= 0.3 is 6.09 Å². The number of nitrogens with one attached hydrogen (secondary N) is 2. The van der Waals surface area contributed by atoms with Crippen molar-refractivity contribution < 1.29 is 14.3 Å². The predicted molar refractivity (Wildman–Crippen MR) is 124 cm³/mol. The van der Waals surface area contributed by atoms with Crippen LogP contribution < -0.4 is 10.6 Å². The van der Waals surface area contributed by atoms with E-state index in [0.29, 0.717) is 6.54 Å². The fourth-order valence-electron chi connectivity index (χ4n) is 3.12. The molecule has 0 aliphatic carbocycles. The summed E-state index contributed by atoms with van der Waals surface area (Å²) in [7, 11) is 1.63. The Morgan fingerprint density at radius 2 is 1.57 bits per heavy atom. The second-order valence-electron chi connectivity index (χ2n) is 8.60. The maximum atomic E-state index is 12.2. The Hall–Kier alpha value is -2.53. The number of carbonyl (C=O) groups excluding carboxylic acids is 1. The van der Waals surface area contributed by atoms with Gasteiger partial charge in [-0.1, -0.05) is 49.7 Å². The molecule has 2 aromatic carbocycles. The Balaban J connectivity index is 1.97. The van der Waals surface area contributed by atoms with E-state index in [0.717, 1.165) is 18.5 Å². The summed E-state index contributed by atoms with van der Waals surface area (Å²) < 4.78 is 10.8. The highest BCUT2D eigenvalue weighted by molar-refractivity contribution is 5.68. The second-order valence-corrected chi connectivity index (χ2v) is 8.60. The number of rotatable bonds is 9. The number of anilines is 1. The van der Waals surface area contributed by atoms with Crippen LogP contribution >= 0.6 is 0 Å². The molecule has 164 valence electrons. The number of alkyl carbamates (subject to hydrolysis) is 1. The summed E-state index contributed by atoms with van der Waals surface area (Å²) in [6.45, 7) is 10.2. The number of amides is 1. The molecule has 0 aliphatic rings. The van der Waals surface area contributed by atoms with E-state index in [-0.39, 0.29) is 12.1 Å². The third kappa shape index (κ3) is 7.71. The smallest absolute Gasteiger partial charge is 0.408 e. The van der Waals surface area contributed by atoms with Crippen LogP contribution in [0.1, 0.15) is 46.6 Å². The third-order valence-corrected chi connectivity index (χ3v) is 4.88. The Labute approximate surface area is 181 Å². The van der Waals surface area contributed by atoms with Crippen LogP contribution in [0.25, 0.3) is 11.1 Å². The van der Waals surface area contributed by atoms with E-state index >= 15 is 0 Å². The van der Waals surface area contributed by atoms with Crippen LogP contribution in [0, 0.1) is 0 Å². The van der Waals surface area contributed by atoms with Crippen molar-refractivity contribution in [2.24, 2.45) is 0 Å². The highest BCUT2D eigenvalue weighted by Crippen LogP contribution is 2.22. The Morgan fingerprint density at radius 3 is 2.07 bits per heavy atom. The summed E-state index contributed by atoms with van der Waals surface area (Å²) in [6.07, 6.45) is 1.66. The molecule has 1 amide bonds. The Bertz CT molecular complexity index is 780. The zero-order chi connectivity index (χ0) is 22.1. The predicted octanol–water partition coefficient (Wildman–Crippen LogP) is 5.65. The summed E-state index contributed by atoms with van der Waals surface area (Å²) >= 11 is 0. The zero-order valence-corrected chi connectivity index (χ0v) is 19.1. The average molecular weight is 413 g/mol. The summed E-state index contributed by atoms with van der Waals surface area (Å²) in [6, 6.07) is 16.8. The Morgan fingerprint density at radius 1 is 1.00 bits per heavy atom. The molecule has 0 radical (unpaired) electrons. The molecule has 0 bridgehead atoms. The quantitative estimate of drug-likeness (QED) is 0.559. The first-order valence-electron chi connectivity index (χ1n) is 10.7. The first kappa shape index (κ1) is 23.7. The van der Waals surface area contributed by atoms with Crippen molar-refractivity contribution in [3.8, 4) is 11.1 Å². The van der Waals surface area contributed by atoms with Gasteiger partial charge in [-0.15, -0.1) is 0 Å². The van der Waals surface area contributed by atoms with Crippen LogP contribution in [0.4, 0.5) is 10.5 Å². The first-order valence-corrected chi connectivity index (χ1v) is 10.7. The standard InChI is InChI=1S/C25H36N2O3/c1-7-8-19-9-11-20(12-10-19)21-13-15-22(16-14-21)26-17-23(18(2)29-6)27-24(28)30-25(3,4)5/h9-16,18,23,26H,7-8,17H2,1-6H3,(H,27,28)/t18-,23-/m1/s1. The lowest BCUT2D eigenvalue weighted by Crippen LogP contribution is -2.48. The Kier molecular flexibility index (Phi) is 8.72. The number of carbonyl (C=O) groups is 1. The number of benzene rings is 2. The lowest BCUT2D eigenvalue weighted by molar-refractivity contribution is 0.0387. The number of methoxy groups -OCH3 is 1. The van der Waals surface area contributed by atoms with E-state index in [1.807, 2.05) is 27.7 Å². The maximum absolute atomic E-state index is 12.2. The molecule has 2 atom stereocenters. The van der Waals surface area contributed by atoms with Crippen molar-refractivity contribution in [3.63, 3.8) is 0 Å². The van der Waals surface area contributed by atoms with Gasteiger partial charge in [0.05, 0.1) is 12.1 Å². The molecule has 0 heterocycles. The van der Waals surface area contributed by atoms with Crippen molar-refractivity contribution in [2.45, 2.75) is 65.2 Å². The molecule has 0 aliphatic heterocycles. The molecule has 2 rings (SSSR count). The summed E-state index contributed by atoms with van der Waals surface area (Å²) in [5.74, 6) is 0. The monoisotopic (exact) mass is 412 g/mol. The number of aryl methyl sites for hydroxylation is 1. The van der Waals surface area contributed by atoms with E-state index in [2.05, 4.69) is 66.1 Å². The minimum absolute atomic E-state index is 0.161. The average Bonchev–Trinajstić information content (AvgIpc) is 2.70. The third-order valence-electron chi connectivity index (χ3n) is 4.88. The minimum atomic E-state index is -0.539. The van der Waals surface area contributed by atoms with Crippen molar-refractivity contribution in [2.75, 3.05) is 19.0 Å². The molecular formula is C25H36N2O3. The highest BCUT2D eigenvalue weighted by atomic mass is 16.6. The molecule has 0 unspecified atom stereocenters. The van der Waals surface area contributed by atoms with Gasteiger partial charge in [0, 0.05) is 19.3 Å². The van der Waals surface area contributed by atoms with Crippen molar-refractivity contribution in [1.29, 1.82) is 0 Å². The zero-order valence-electron chi connectivity index (χ0n) is 19.1. The van der Waals surface area contributed by atoms with Gasteiger partial charge in [0.25, 0.3) is 0 Å².